The Balaban J connectivity index is 2.99. The minimum Gasteiger partial charge on any atom is -0.478 e. The van der Waals surface area contributed by atoms with E-state index >= 15 is 0 Å². The number of nitrogens with zero attached hydrogens (tertiary/aromatic N) is 1. The number of hydrogen-bond donors (Lipinski definition) is 1. The summed E-state index contributed by atoms with van der Waals surface area (Å²) in [7, 11) is 0. The number of carboxylic acids is 1. The summed E-state index contributed by atoms with van der Waals surface area (Å²) in [6.45, 7) is 12.9. The molecule has 0 spiro atoms. The molecule has 0 bridgehead atoms. The van der Waals surface area contributed by atoms with Crippen LogP contribution in [-0.2, 0) is 6.42 Å². The highest BCUT2D eigenvalue weighted by atomic mass is 16.4. The van der Waals surface area contributed by atoms with Gasteiger partial charge in [-0.05, 0) is 56.4 Å². The summed E-state index contributed by atoms with van der Waals surface area (Å²) in [5.41, 5.74) is 5.25. The van der Waals surface area contributed by atoms with E-state index in [-0.39, 0.29) is 0 Å². The normalized spacial score (nSPS) is 11.8. The predicted molar refractivity (Wildman–Crippen MR) is 87.5 cm³/mol. The largest absolute Gasteiger partial charge is 0.478 e. The molecule has 0 aliphatic heterocycles. The Morgan fingerprint density at radius 1 is 1.24 bits per heavy atom. The van der Waals surface area contributed by atoms with Crippen molar-refractivity contribution in [3.8, 4) is 0 Å². The van der Waals surface area contributed by atoms with E-state index < -0.39 is 5.97 Å². The number of aromatic nitrogens is 1. The van der Waals surface area contributed by atoms with E-state index in [0.29, 0.717) is 17.5 Å². The molecular formula is C18H25NO2. The quantitative estimate of drug-likeness (QED) is 0.867. The molecule has 0 unspecified atom stereocenters. The van der Waals surface area contributed by atoms with Gasteiger partial charge in [-0.25, -0.2) is 4.79 Å². The molecular weight excluding hydrogens is 262 g/mol. The van der Waals surface area contributed by atoms with Gasteiger partial charge >= 0.3 is 5.97 Å². The minimum atomic E-state index is -0.851. The topological polar surface area (TPSA) is 42.2 Å². The van der Waals surface area contributed by atoms with Crippen LogP contribution in [0.2, 0.25) is 0 Å². The number of benzene rings is 1. The molecule has 1 N–H and O–H groups in total. The second-order valence-corrected chi connectivity index (χ2v) is 6.31. The second kappa shape index (κ2) is 5.55. The smallest absolute Gasteiger partial charge is 0.335 e. The van der Waals surface area contributed by atoms with Gasteiger partial charge in [0.1, 0.15) is 0 Å². The van der Waals surface area contributed by atoms with Crippen molar-refractivity contribution in [2.75, 3.05) is 0 Å². The van der Waals surface area contributed by atoms with Crippen molar-refractivity contribution < 1.29 is 9.90 Å². The van der Waals surface area contributed by atoms with Gasteiger partial charge in [0.25, 0.3) is 0 Å². The lowest BCUT2D eigenvalue weighted by atomic mass is 9.96. The molecule has 0 radical (unpaired) electrons. The van der Waals surface area contributed by atoms with Crippen molar-refractivity contribution in [2.24, 2.45) is 0 Å². The van der Waals surface area contributed by atoms with Crippen LogP contribution in [0.25, 0.3) is 10.9 Å². The Labute approximate surface area is 126 Å². The second-order valence-electron chi connectivity index (χ2n) is 6.31. The van der Waals surface area contributed by atoms with E-state index in [4.69, 9.17) is 0 Å². The van der Waals surface area contributed by atoms with Gasteiger partial charge < -0.3 is 9.67 Å². The molecule has 0 aliphatic carbocycles. The molecule has 0 saturated carbocycles. The number of hydrogen-bond acceptors (Lipinski definition) is 1. The van der Waals surface area contributed by atoms with Crippen molar-refractivity contribution >= 4 is 16.9 Å². The van der Waals surface area contributed by atoms with Crippen LogP contribution in [0.4, 0.5) is 0 Å². The first-order valence-corrected chi connectivity index (χ1v) is 7.70. The van der Waals surface area contributed by atoms with Crippen LogP contribution in [-0.4, -0.2) is 15.6 Å². The van der Waals surface area contributed by atoms with Gasteiger partial charge in [-0.1, -0.05) is 20.8 Å². The van der Waals surface area contributed by atoms with Crippen LogP contribution >= 0.6 is 0 Å². The van der Waals surface area contributed by atoms with Gasteiger partial charge in [-0.15, -0.1) is 0 Å². The molecule has 0 atom stereocenters. The molecule has 2 rings (SSSR count). The Kier molecular flexibility index (Phi) is 4.13. The van der Waals surface area contributed by atoms with Crippen LogP contribution in [0.3, 0.4) is 0 Å². The third-order valence-electron chi connectivity index (χ3n) is 4.19. The lowest BCUT2D eigenvalue weighted by Gasteiger charge is -2.15. The van der Waals surface area contributed by atoms with E-state index in [1.807, 2.05) is 12.1 Å². The fraction of sp³-hybridized carbons (Fsp3) is 0.500. The Hall–Kier alpha value is -1.77. The summed E-state index contributed by atoms with van der Waals surface area (Å²) in [6, 6.07) is 4.03. The van der Waals surface area contributed by atoms with Crippen molar-refractivity contribution in [3.05, 3.63) is 34.5 Å². The van der Waals surface area contributed by atoms with Crippen LogP contribution in [0.15, 0.2) is 12.1 Å². The molecule has 0 saturated heterocycles. The number of aryl methyl sites for hydroxylation is 1. The monoisotopic (exact) mass is 287 g/mol. The Morgan fingerprint density at radius 3 is 2.29 bits per heavy atom. The number of rotatable bonds is 4. The van der Waals surface area contributed by atoms with Gasteiger partial charge in [-0.3, -0.25) is 0 Å². The minimum absolute atomic E-state index is 0.362. The van der Waals surface area contributed by atoms with Gasteiger partial charge in [-0.2, -0.15) is 0 Å². The fourth-order valence-corrected chi connectivity index (χ4v) is 3.44. The summed E-state index contributed by atoms with van der Waals surface area (Å²) in [5.74, 6) is -0.475. The number of aromatic carboxylic acids is 1. The lowest BCUT2D eigenvalue weighted by molar-refractivity contribution is 0.0697. The lowest BCUT2D eigenvalue weighted by Crippen LogP contribution is -2.05. The SMILES string of the molecule is CCc1cc(C(=O)O)cc2c(C(C)C)c(C)n(C(C)C)c12. The van der Waals surface area contributed by atoms with Gasteiger partial charge in [0, 0.05) is 17.1 Å². The van der Waals surface area contributed by atoms with Crippen LogP contribution < -0.4 is 0 Å². The summed E-state index contributed by atoms with van der Waals surface area (Å²) in [6.07, 6.45) is 0.839. The molecule has 114 valence electrons. The van der Waals surface area contributed by atoms with Crippen molar-refractivity contribution in [1.82, 2.24) is 4.57 Å². The maximum Gasteiger partial charge on any atom is 0.335 e. The average molecular weight is 287 g/mol. The van der Waals surface area contributed by atoms with Crippen molar-refractivity contribution in [1.29, 1.82) is 0 Å². The summed E-state index contributed by atoms with van der Waals surface area (Å²) in [4.78, 5) is 11.4. The summed E-state index contributed by atoms with van der Waals surface area (Å²) >= 11 is 0. The summed E-state index contributed by atoms with van der Waals surface area (Å²) < 4.78 is 2.36. The molecule has 0 aliphatic rings. The highest BCUT2D eigenvalue weighted by molar-refractivity contribution is 5.97. The molecule has 3 heteroatoms. The fourth-order valence-electron chi connectivity index (χ4n) is 3.44. The first kappa shape index (κ1) is 15.6. The highest BCUT2D eigenvalue weighted by Crippen LogP contribution is 2.36. The predicted octanol–water partition coefficient (Wildman–Crippen LogP) is 4.91. The maximum atomic E-state index is 11.4. The number of carboxylic acid groups (broad SMARTS) is 1. The highest BCUT2D eigenvalue weighted by Gasteiger charge is 2.21. The average Bonchev–Trinajstić information content (AvgIpc) is 2.69. The van der Waals surface area contributed by atoms with Crippen LogP contribution in [0, 0.1) is 6.92 Å². The zero-order chi connectivity index (χ0) is 15.9. The molecule has 0 fully saturated rings. The van der Waals surface area contributed by atoms with E-state index in [9.17, 15) is 9.90 Å². The van der Waals surface area contributed by atoms with E-state index in [1.54, 1.807) is 0 Å². The molecule has 21 heavy (non-hydrogen) atoms. The molecule has 1 heterocycles. The van der Waals surface area contributed by atoms with Gasteiger partial charge in [0.05, 0.1) is 11.1 Å². The van der Waals surface area contributed by atoms with Crippen LogP contribution in [0.1, 0.15) is 73.8 Å². The Morgan fingerprint density at radius 2 is 1.86 bits per heavy atom. The molecule has 1 aromatic heterocycles. The molecule has 3 nitrogen and oxygen atoms in total. The van der Waals surface area contributed by atoms with Crippen molar-refractivity contribution in [2.45, 2.75) is 59.9 Å². The van der Waals surface area contributed by atoms with E-state index in [2.05, 4.69) is 46.1 Å². The van der Waals surface area contributed by atoms with Gasteiger partial charge in [0.15, 0.2) is 0 Å². The standard InChI is InChI=1S/C18H25NO2/c1-7-13-8-14(18(20)21)9-15-16(10(2)3)12(6)19(11(4)5)17(13)15/h8-11H,7H2,1-6H3,(H,20,21). The first-order valence-electron chi connectivity index (χ1n) is 7.70. The zero-order valence-electron chi connectivity index (χ0n) is 13.8. The number of carbonyl (C=O) groups is 1. The third-order valence-corrected chi connectivity index (χ3v) is 4.19. The molecule has 2 aromatic rings. The molecule has 0 amide bonds. The zero-order valence-corrected chi connectivity index (χ0v) is 13.8. The first-order chi connectivity index (χ1) is 9.79. The Bertz CT molecular complexity index is 693. The summed E-state index contributed by atoms with van der Waals surface area (Å²) in [5, 5.41) is 10.5. The number of fused-ring (bicyclic) bond motifs is 1. The van der Waals surface area contributed by atoms with Gasteiger partial charge in [0.2, 0.25) is 0 Å². The van der Waals surface area contributed by atoms with E-state index in [0.717, 1.165) is 17.4 Å². The van der Waals surface area contributed by atoms with Crippen LogP contribution in [0.5, 0.6) is 0 Å². The maximum absolute atomic E-state index is 11.4. The third kappa shape index (κ3) is 2.45. The van der Waals surface area contributed by atoms with Crippen molar-refractivity contribution in [3.63, 3.8) is 0 Å². The van der Waals surface area contributed by atoms with E-state index in [1.165, 1.54) is 16.8 Å². The molecule has 1 aromatic carbocycles.